The van der Waals surface area contributed by atoms with Gasteiger partial charge in [0.1, 0.15) is 11.5 Å². The molecule has 0 saturated heterocycles. The SMILES string of the molecule is COc1cc2c(cc1CCC(C)=O)-c1ccccc1C2. The van der Waals surface area contributed by atoms with Gasteiger partial charge in [0, 0.05) is 6.42 Å². The average molecular weight is 266 g/mol. The molecule has 2 heteroatoms. The zero-order valence-corrected chi connectivity index (χ0v) is 11.9. The highest BCUT2D eigenvalue weighted by Gasteiger charge is 2.20. The summed E-state index contributed by atoms with van der Waals surface area (Å²) in [5, 5.41) is 0. The molecule has 0 radical (unpaired) electrons. The van der Waals surface area contributed by atoms with Crippen molar-refractivity contribution in [2.75, 3.05) is 7.11 Å². The Bertz CT molecular complexity index is 671. The van der Waals surface area contributed by atoms with Gasteiger partial charge in [-0.05, 0) is 59.7 Å². The number of Topliss-reactive ketones (excluding diaryl/α,β-unsaturated/α-hetero) is 1. The summed E-state index contributed by atoms with van der Waals surface area (Å²) in [6, 6.07) is 12.8. The van der Waals surface area contributed by atoms with Crippen molar-refractivity contribution in [3.05, 3.63) is 53.1 Å². The standard InChI is InChI=1S/C18H18O2/c1-12(19)7-8-14-10-17-15(11-18(14)20-2)9-13-5-3-4-6-16(13)17/h3-6,10-11H,7-9H2,1-2H3. The van der Waals surface area contributed by atoms with E-state index in [1.54, 1.807) is 14.0 Å². The number of carbonyl (C=O) groups is 1. The molecule has 0 aromatic heterocycles. The lowest BCUT2D eigenvalue weighted by Crippen LogP contribution is -1.98. The molecule has 0 aliphatic heterocycles. The highest BCUT2D eigenvalue weighted by molar-refractivity contribution is 5.79. The molecule has 20 heavy (non-hydrogen) atoms. The van der Waals surface area contributed by atoms with Crippen molar-refractivity contribution in [3.63, 3.8) is 0 Å². The summed E-state index contributed by atoms with van der Waals surface area (Å²) in [5.74, 6) is 1.12. The van der Waals surface area contributed by atoms with Gasteiger partial charge in [0.2, 0.25) is 0 Å². The zero-order valence-electron chi connectivity index (χ0n) is 11.9. The van der Waals surface area contributed by atoms with Gasteiger partial charge in [-0.25, -0.2) is 0 Å². The van der Waals surface area contributed by atoms with Gasteiger partial charge in [0.25, 0.3) is 0 Å². The van der Waals surface area contributed by atoms with Crippen LogP contribution in [-0.2, 0) is 17.6 Å². The number of ketones is 1. The molecule has 0 atom stereocenters. The molecule has 0 fully saturated rings. The van der Waals surface area contributed by atoms with E-state index < -0.39 is 0 Å². The Morgan fingerprint density at radius 2 is 1.95 bits per heavy atom. The van der Waals surface area contributed by atoms with E-state index in [0.717, 1.165) is 24.2 Å². The minimum atomic E-state index is 0.216. The van der Waals surface area contributed by atoms with Crippen molar-refractivity contribution in [2.45, 2.75) is 26.2 Å². The second-order valence-corrected chi connectivity index (χ2v) is 5.36. The zero-order chi connectivity index (χ0) is 14.1. The van der Waals surface area contributed by atoms with Gasteiger partial charge in [-0.3, -0.25) is 0 Å². The van der Waals surface area contributed by atoms with Crippen LogP contribution in [0.4, 0.5) is 0 Å². The van der Waals surface area contributed by atoms with Gasteiger partial charge < -0.3 is 9.53 Å². The molecular weight excluding hydrogens is 248 g/mol. The van der Waals surface area contributed by atoms with Crippen molar-refractivity contribution in [2.24, 2.45) is 0 Å². The third-order valence-electron chi connectivity index (χ3n) is 3.94. The van der Waals surface area contributed by atoms with Crippen molar-refractivity contribution in [1.82, 2.24) is 0 Å². The number of hydrogen-bond donors (Lipinski definition) is 0. The average Bonchev–Trinajstić information content (AvgIpc) is 2.81. The highest BCUT2D eigenvalue weighted by Crippen LogP contribution is 2.40. The Morgan fingerprint density at radius 1 is 1.15 bits per heavy atom. The normalized spacial score (nSPS) is 11.9. The van der Waals surface area contributed by atoms with E-state index in [2.05, 4.69) is 36.4 Å². The van der Waals surface area contributed by atoms with Crippen LogP contribution in [0.25, 0.3) is 11.1 Å². The molecule has 0 bridgehead atoms. The molecule has 0 spiro atoms. The molecule has 102 valence electrons. The van der Waals surface area contributed by atoms with Gasteiger partial charge in [-0.15, -0.1) is 0 Å². The van der Waals surface area contributed by atoms with Crippen LogP contribution in [0.15, 0.2) is 36.4 Å². The lowest BCUT2D eigenvalue weighted by Gasteiger charge is -2.11. The lowest BCUT2D eigenvalue weighted by atomic mass is 9.99. The van der Waals surface area contributed by atoms with Crippen LogP contribution in [0, 0.1) is 0 Å². The van der Waals surface area contributed by atoms with E-state index in [4.69, 9.17) is 4.74 Å². The molecule has 0 unspecified atom stereocenters. The van der Waals surface area contributed by atoms with E-state index in [1.807, 2.05) is 0 Å². The maximum absolute atomic E-state index is 11.2. The number of methoxy groups -OCH3 is 1. The summed E-state index contributed by atoms with van der Waals surface area (Å²) in [4.78, 5) is 11.2. The first-order valence-electron chi connectivity index (χ1n) is 6.96. The molecule has 3 rings (SSSR count). The predicted molar refractivity (Wildman–Crippen MR) is 80.2 cm³/mol. The van der Waals surface area contributed by atoms with Crippen LogP contribution >= 0.6 is 0 Å². The smallest absolute Gasteiger partial charge is 0.130 e. The summed E-state index contributed by atoms with van der Waals surface area (Å²) in [5.41, 5.74) is 6.41. The Balaban J connectivity index is 2.04. The highest BCUT2D eigenvalue weighted by atomic mass is 16.5. The first-order valence-corrected chi connectivity index (χ1v) is 6.96. The fourth-order valence-corrected chi connectivity index (χ4v) is 2.90. The second-order valence-electron chi connectivity index (χ2n) is 5.36. The Kier molecular flexibility index (Phi) is 3.31. The maximum Gasteiger partial charge on any atom is 0.130 e. The van der Waals surface area contributed by atoms with E-state index in [0.29, 0.717) is 6.42 Å². The Labute approximate surface area is 119 Å². The van der Waals surface area contributed by atoms with Gasteiger partial charge in [0.05, 0.1) is 7.11 Å². The summed E-state index contributed by atoms with van der Waals surface area (Å²) in [7, 11) is 1.70. The number of carbonyl (C=O) groups excluding carboxylic acids is 1. The van der Waals surface area contributed by atoms with Crippen molar-refractivity contribution >= 4 is 5.78 Å². The second kappa shape index (κ2) is 5.12. The van der Waals surface area contributed by atoms with Crippen LogP contribution in [0.5, 0.6) is 5.75 Å². The molecule has 0 saturated carbocycles. The summed E-state index contributed by atoms with van der Waals surface area (Å²) < 4.78 is 5.49. The lowest BCUT2D eigenvalue weighted by molar-refractivity contribution is -0.116. The molecule has 2 nitrogen and oxygen atoms in total. The number of aryl methyl sites for hydroxylation is 1. The minimum Gasteiger partial charge on any atom is -0.496 e. The molecule has 0 amide bonds. The first kappa shape index (κ1) is 12.9. The maximum atomic E-state index is 11.2. The van der Waals surface area contributed by atoms with Crippen LogP contribution in [0.3, 0.4) is 0 Å². The fraction of sp³-hybridized carbons (Fsp3) is 0.278. The van der Waals surface area contributed by atoms with E-state index in [-0.39, 0.29) is 5.78 Å². The van der Waals surface area contributed by atoms with Gasteiger partial charge in [-0.1, -0.05) is 24.3 Å². The van der Waals surface area contributed by atoms with Crippen LogP contribution in [-0.4, -0.2) is 12.9 Å². The van der Waals surface area contributed by atoms with E-state index in [9.17, 15) is 4.79 Å². The predicted octanol–water partition coefficient (Wildman–Crippen LogP) is 3.79. The van der Waals surface area contributed by atoms with Crippen molar-refractivity contribution in [1.29, 1.82) is 0 Å². The Hall–Kier alpha value is -2.09. The quantitative estimate of drug-likeness (QED) is 0.718. The molecule has 1 aliphatic carbocycles. The fourth-order valence-electron chi connectivity index (χ4n) is 2.90. The molecule has 1 aliphatic rings. The minimum absolute atomic E-state index is 0.216. The number of benzene rings is 2. The number of ether oxygens (including phenoxy) is 1. The number of fused-ring (bicyclic) bond motifs is 3. The third kappa shape index (κ3) is 2.22. The monoisotopic (exact) mass is 266 g/mol. The third-order valence-corrected chi connectivity index (χ3v) is 3.94. The van der Waals surface area contributed by atoms with E-state index >= 15 is 0 Å². The summed E-state index contributed by atoms with van der Waals surface area (Å²) >= 11 is 0. The topological polar surface area (TPSA) is 26.3 Å². The summed E-state index contributed by atoms with van der Waals surface area (Å²) in [6.45, 7) is 1.63. The van der Waals surface area contributed by atoms with Gasteiger partial charge in [-0.2, -0.15) is 0 Å². The summed E-state index contributed by atoms with van der Waals surface area (Å²) in [6.07, 6.45) is 2.28. The van der Waals surface area contributed by atoms with Crippen LogP contribution in [0.1, 0.15) is 30.0 Å². The number of rotatable bonds is 4. The van der Waals surface area contributed by atoms with Gasteiger partial charge in [0.15, 0.2) is 0 Å². The van der Waals surface area contributed by atoms with Crippen LogP contribution in [0.2, 0.25) is 0 Å². The van der Waals surface area contributed by atoms with E-state index in [1.165, 1.54) is 22.3 Å². The van der Waals surface area contributed by atoms with Crippen molar-refractivity contribution < 1.29 is 9.53 Å². The molecule has 2 aromatic carbocycles. The largest absolute Gasteiger partial charge is 0.496 e. The molecule has 0 heterocycles. The molecular formula is C18H18O2. The van der Waals surface area contributed by atoms with Gasteiger partial charge >= 0.3 is 0 Å². The molecule has 0 N–H and O–H groups in total. The van der Waals surface area contributed by atoms with Crippen molar-refractivity contribution in [3.8, 4) is 16.9 Å². The first-order chi connectivity index (χ1) is 9.69. The number of hydrogen-bond acceptors (Lipinski definition) is 2. The van der Waals surface area contributed by atoms with Crippen LogP contribution < -0.4 is 4.74 Å². The molecule has 2 aromatic rings. The Morgan fingerprint density at radius 3 is 2.70 bits per heavy atom.